The molecule has 0 unspecified atom stereocenters. The highest BCUT2D eigenvalue weighted by Gasteiger charge is 2.03. The maximum atomic E-state index is 13.5. The van der Waals surface area contributed by atoms with E-state index in [1.165, 1.54) is 6.07 Å². The van der Waals surface area contributed by atoms with Crippen LogP contribution in [-0.2, 0) is 0 Å². The molecule has 1 aromatic carbocycles. The smallest absolute Gasteiger partial charge is 0.279 e. The second-order valence-corrected chi connectivity index (χ2v) is 3.73. The number of nitrogens with zero attached hydrogens (tertiary/aromatic N) is 1. The van der Waals surface area contributed by atoms with Gasteiger partial charge in [0.25, 0.3) is 5.56 Å². The van der Waals surface area contributed by atoms with Crippen molar-refractivity contribution in [3.63, 3.8) is 0 Å². The summed E-state index contributed by atoms with van der Waals surface area (Å²) in [4.78, 5) is 11.3. The first kappa shape index (κ1) is 11.6. The molecule has 90 valence electrons. The molecule has 4 nitrogen and oxygen atoms in total. The molecule has 17 heavy (non-hydrogen) atoms. The lowest BCUT2D eigenvalue weighted by atomic mass is 10.2. The van der Waals surface area contributed by atoms with Gasteiger partial charge in [0.2, 0.25) is 0 Å². The molecule has 0 spiro atoms. The fourth-order valence-corrected chi connectivity index (χ4v) is 1.62. The summed E-state index contributed by atoms with van der Waals surface area (Å²) in [6, 6.07) is 7.91. The van der Waals surface area contributed by atoms with Gasteiger partial charge in [0.1, 0.15) is 0 Å². The molecule has 0 aliphatic carbocycles. The first-order valence-electron chi connectivity index (χ1n) is 5.39. The molecule has 0 bridgehead atoms. The van der Waals surface area contributed by atoms with E-state index in [0.29, 0.717) is 18.4 Å². The largest absolute Gasteiger partial charge is 0.396 e. The summed E-state index contributed by atoms with van der Waals surface area (Å²) in [6.45, 7) is 0.708. The van der Waals surface area contributed by atoms with Gasteiger partial charge in [-0.1, -0.05) is 10.5 Å². The Morgan fingerprint density at radius 1 is 1.29 bits per heavy atom. The van der Waals surface area contributed by atoms with Crippen LogP contribution in [0.15, 0.2) is 35.1 Å². The van der Waals surface area contributed by atoms with E-state index in [0.717, 1.165) is 5.69 Å². The van der Waals surface area contributed by atoms with Gasteiger partial charge in [-0.25, -0.2) is 0 Å². The van der Waals surface area contributed by atoms with Crippen molar-refractivity contribution < 1.29 is 9.59 Å². The van der Waals surface area contributed by atoms with Crippen LogP contribution in [0.4, 0.5) is 10.2 Å². The summed E-state index contributed by atoms with van der Waals surface area (Å²) in [7, 11) is 0. The highest BCUT2D eigenvalue weighted by Crippen LogP contribution is 2.17. The molecule has 5 heteroatoms. The maximum absolute atomic E-state index is 13.5. The molecule has 2 rings (SSSR count). The fraction of sp³-hybridized carbons (Fsp3) is 0.250. The van der Waals surface area contributed by atoms with Crippen molar-refractivity contribution in [2.75, 3.05) is 18.5 Å². The van der Waals surface area contributed by atoms with Crippen LogP contribution in [0.2, 0.25) is 0 Å². The zero-order valence-electron chi connectivity index (χ0n) is 9.19. The summed E-state index contributed by atoms with van der Waals surface area (Å²) in [6.07, 6.45) is 0.620. The summed E-state index contributed by atoms with van der Waals surface area (Å²) in [5, 5.41) is 12.4. The van der Waals surface area contributed by atoms with Gasteiger partial charge in [0.05, 0.1) is 5.52 Å². The molecule has 0 aliphatic rings. The molecule has 0 saturated carbocycles. The number of aromatic nitrogens is 1. The lowest BCUT2D eigenvalue weighted by molar-refractivity contribution is 0.292. The molecule has 2 N–H and O–H groups in total. The Kier molecular flexibility index (Phi) is 3.39. The van der Waals surface area contributed by atoms with Crippen molar-refractivity contribution >= 4 is 16.6 Å². The Morgan fingerprint density at radius 2 is 2.06 bits per heavy atom. The number of anilines is 1. The lowest BCUT2D eigenvalue weighted by Crippen LogP contribution is -2.12. The van der Waals surface area contributed by atoms with E-state index >= 15 is 0 Å². The molecule has 0 atom stereocenters. The SMILES string of the molecule is O=c1ccc2ccc(NCCCO)cc2n1F. The normalized spacial score (nSPS) is 10.7. The Bertz CT molecular complexity index is 580. The van der Waals surface area contributed by atoms with E-state index in [2.05, 4.69) is 5.32 Å². The molecule has 0 fully saturated rings. The van der Waals surface area contributed by atoms with Gasteiger partial charge < -0.3 is 10.4 Å². The number of halogens is 1. The van der Waals surface area contributed by atoms with E-state index in [9.17, 15) is 9.28 Å². The molecule has 1 aromatic heterocycles. The Balaban J connectivity index is 2.35. The number of hydrogen-bond acceptors (Lipinski definition) is 3. The molecule has 0 saturated heterocycles. The monoisotopic (exact) mass is 236 g/mol. The van der Waals surface area contributed by atoms with Crippen molar-refractivity contribution in [3.05, 3.63) is 40.7 Å². The van der Waals surface area contributed by atoms with Crippen LogP contribution in [0, 0.1) is 0 Å². The van der Waals surface area contributed by atoms with Crippen molar-refractivity contribution in [3.8, 4) is 0 Å². The van der Waals surface area contributed by atoms with Gasteiger partial charge in [0, 0.05) is 30.3 Å². The molecular weight excluding hydrogens is 223 g/mol. The number of aliphatic hydroxyl groups excluding tert-OH is 1. The van der Waals surface area contributed by atoms with Gasteiger partial charge in [-0.2, -0.15) is 0 Å². The van der Waals surface area contributed by atoms with Crippen LogP contribution in [0.5, 0.6) is 0 Å². The third-order valence-electron chi connectivity index (χ3n) is 2.50. The van der Waals surface area contributed by atoms with Crippen molar-refractivity contribution in [1.29, 1.82) is 0 Å². The Labute approximate surface area is 97.2 Å². The van der Waals surface area contributed by atoms with Crippen LogP contribution in [0.25, 0.3) is 10.9 Å². The second kappa shape index (κ2) is 4.97. The third-order valence-corrected chi connectivity index (χ3v) is 2.50. The predicted octanol–water partition coefficient (Wildman–Crippen LogP) is 1.53. The van der Waals surface area contributed by atoms with Gasteiger partial charge in [-0.3, -0.25) is 4.79 Å². The highest BCUT2D eigenvalue weighted by molar-refractivity contribution is 5.82. The van der Waals surface area contributed by atoms with E-state index in [1.807, 2.05) is 6.07 Å². The second-order valence-electron chi connectivity index (χ2n) is 3.73. The van der Waals surface area contributed by atoms with Crippen LogP contribution >= 0.6 is 0 Å². The average molecular weight is 236 g/mol. The summed E-state index contributed by atoms with van der Waals surface area (Å²) in [5.74, 6) is 0. The molecular formula is C12H13FN2O2. The summed E-state index contributed by atoms with van der Waals surface area (Å²) in [5.41, 5.74) is 0.291. The summed E-state index contributed by atoms with van der Waals surface area (Å²) >= 11 is 0. The predicted molar refractivity (Wildman–Crippen MR) is 64.9 cm³/mol. The lowest BCUT2D eigenvalue weighted by Gasteiger charge is -2.07. The van der Waals surface area contributed by atoms with Gasteiger partial charge in [0.15, 0.2) is 0 Å². The minimum Gasteiger partial charge on any atom is -0.396 e. The first-order valence-corrected chi connectivity index (χ1v) is 5.39. The standard InChI is InChI=1S/C12H13FN2O2/c13-15-11-8-10(14-6-1-7-16)4-2-9(11)3-5-12(15)17/h2-5,8,14,16H,1,6-7H2. The minimum atomic E-state index is -0.676. The number of aliphatic hydroxyl groups is 1. The topological polar surface area (TPSA) is 54.3 Å². The quantitative estimate of drug-likeness (QED) is 0.791. The number of rotatable bonds is 4. The van der Waals surface area contributed by atoms with Gasteiger partial charge in [-0.05, 0) is 24.6 Å². The van der Waals surface area contributed by atoms with Crippen LogP contribution < -0.4 is 10.9 Å². The van der Waals surface area contributed by atoms with Crippen LogP contribution in [0.1, 0.15) is 6.42 Å². The molecule has 2 aromatic rings. The van der Waals surface area contributed by atoms with E-state index in [1.54, 1.807) is 18.2 Å². The third kappa shape index (κ3) is 2.45. The fourth-order valence-electron chi connectivity index (χ4n) is 1.62. The van der Waals surface area contributed by atoms with Crippen molar-refractivity contribution in [1.82, 2.24) is 4.79 Å². The molecule has 0 amide bonds. The zero-order chi connectivity index (χ0) is 12.3. The Morgan fingerprint density at radius 3 is 2.82 bits per heavy atom. The minimum absolute atomic E-state index is 0.106. The number of benzene rings is 1. The first-order chi connectivity index (χ1) is 8.22. The van der Waals surface area contributed by atoms with Gasteiger partial charge >= 0.3 is 0 Å². The van der Waals surface area contributed by atoms with Crippen molar-refractivity contribution in [2.24, 2.45) is 0 Å². The van der Waals surface area contributed by atoms with Crippen molar-refractivity contribution in [2.45, 2.75) is 6.42 Å². The average Bonchev–Trinajstić information content (AvgIpc) is 2.35. The maximum Gasteiger partial charge on any atom is 0.279 e. The number of pyridine rings is 1. The van der Waals surface area contributed by atoms with E-state index in [-0.39, 0.29) is 16.9 Å². The van der Waals surface area contributed by atoms with Gasteiger partial charge in [-0.15, -0.1) is 4.79 Å². The molecule has 0 aliphatic heterocycles. The van der Waals surface area contributed by atoms with Crippen LogP contribution in [0.3, 0.4) is 0 Å². The van der Waals surface area contributed by atoms with Crippen LogP contribution in [-0.4, -0.2) is 23.0 Å². The zero-order valence-corrected chi connectivity index (χ0v) is 9.19. The molecule has 1 heterocycles. The summed E-state index contributed by atoms with van der Waals surface area (Å²) < 4.78 is 13.5. The number of hydrogen-bond donors (Lipinski definition) is 2. The van der Waals surface area contributed by atoms with E-state index in [4.69, 9.17) is 5.11 Å². The number of nitrogens with one attached hydrogen (secondary N) is 1. The van der Waals surface area contributed by atoms with E-state index < -0.39 is 5.56 Å². The number of fused-ring (bicyclic) bond motifs is 1. The molecule has 0 radical (unpaired) electrons. The highest BCUT2D eigenvalue weighted by atomic mass is 19.2. The Hall–Kier alpha value is -1.88.